The normalized spacial score (nSPS) is 19.3. The molecule has 3 unspecified atom stereocenters. The van der Waals surface area contributed by atoms with Gasteiger partial charge in [-0.25, -0.2) is 4.79 Å². The Morgan fingerprint density at radius 2 is 1.74 bits per heavy atom. The standard InChI is InChI=1S/C26H34Cl2N2O4/c1-25(2,3)23(34-24(29)32)22(17-9-10-19(27)20(28)15-17)21(31)16-30-13-11-26(33,12-14-30)18-7-5-4-6-8-18/h4-10,15,21-23,31,33H,11-14,16H2,1-3H3,(H2,29,32). The summed E-state index contributed by atoms with van der Waals surface area (Å²) >= 11 is 12.4. The lowest BCUT2D eigenvalue weighted by molar-refractivity contribution is -0.0524. The van der Waals surface area contributed by atoms with Gasteiger partial charge in [0.2, 0.25) is 0 Å². The summed E-state index contributed by atoms with van der Waals surface area (Å²) in [5.41, 5.74) is 5.63. The summed E-state index contributed by atoms with van der Waals surface area (Å²) in [6, 6.07) is 14.8. The van der Waals surface area contributed by atoms with Gasteiger partial charge < -0.3 is 25.6 Å². The van der Waals surface area contributed by atoms with E-state index in [1.165, 1.54) is 0 Å². The highest BCUT2D eigenvalue weighted by Gasteiger charge is 2.42. The van der Waals surface area contributed by atoms with Crippen LogP contribution in [0, 0.1) is 5.41 Å². The number of nitrogens with two attached hydrogens (primary N) is 1. The van der Waals surface area contributed by atoms with Crippen LogP contribution in [0.15, 0.2) is 48.5 Å². The van der Waals surface area contributed by atoms with Gasteiger partial charge in [0, 0.05) is 25.6 Å². The second-order valence-corrected chi connectivity index (χ2v) is 11.0. The van der Waals surface area contributed by atoms with Crippen LogP contribution >= 0.6 is 23.2 Å². The lowest BCUT2D eigenvalue weighted by Gasteiger charge is -2.42. The van der Waals surface area contributed by atoms with E-state index in [2.05, 4.69) is 4.90 Å². The maximum absolute atomic E-state index is 11.8. The predicted octanol–water partition coefficient (Wildman–Crippen LogP) is 4.93. The number of likely N-dealkylation sites (tertiary alicyclic amines) is 1. The zero-order chi connectivity index (χ0) is 25.1. The molecule has 0 spiro atoms. The van der Waals surface area contributed by atoms with Crippen molar-refractivity contribution in [3.8, 4) is 0 Å². The van der Waals surface area contributed by atoms with Gasteiger partial charge in [-0.1, -0.05) is 80.4 Å². The van der Waals surface area contributed by atoms with E-state index in [0.29, 0.717) is 48.1 Å². The Kier molecular flexibility index (Phi) is 8.53. The highest BCUT2D eigenvalue weighted by Crippen LogP contribution is 2.40. The van der Waals surface area contributed by atoms with Gasteiger partial charge in [-0.2, -0.15) is 0 Å². The number of amides is 1. The van der Waals surface area contributed by atoms with Crippen LogP contribution in [0.3, 0.4) is 0 Å². The molecule has 186 valence electrons. The van der Waals surface area contributed by atoms with E-state index in [1.807, 2.05) is 51.1 Å². The SMILES string of the molecule is CC(C)(C)C(OC(N)=O)C(c1ccc(Cl)c(Cl)c1)C(O)CN1CCC(O)(c2ccccc2)CC1. The second kappa shape index (κ2) is 10.8. The quantitative estimate of drug-likeness (QED) is 0.492. The Hall–Kier alpha value is -1.83. The number of carbonyl (C=O) groups excluding carboxylic acids is 1. The lowest BCUT2D eigenvalue weighted by atomic mass is 9.75. The average molecular weight is 509 g/mol. The number of hydrogen-bond donors (Lipinski definition) is 3. The molecular weight excluding hydrogens is 475 g/mol. The van der Waals surface area contributed by atoms with Crippen molar-refractivity contribution in [2.75, 3.05) is 19.6 Å². The van der Waals surface area contributed by atoms with E-state index in [9.17, 15) is 15.0 Å². The fourth-order valence-electron chi connectivity index (χ4n) is 4.75. The molecule has 0 radical (unpaired) electrons. The van der Waals surface area contributed by atoms with Crippen molar-refractivity contribution in [2.45, 2.75) is 57.3 Å². The minimum Gasteiger partial charge on any atom is -0.445 e. The van der Waals surface area contributed by atoms with E-state index in [0.717, 1.165) is 5.56 Å². The summed E-state index contributed by atoms with van der Waals surface area (Å²) in [5, 5.41) is 23.4. The molecule has 3 rings (SSSR count). The number of nitrogens with zero attached hydrogens (tertiary/aromatic N) is 1. The minimum absolute atomic E-state index is 0.338. The number of ether oxygens (including phenoxy) is 1. The largest absolute Gasteiger partial charge is 0.445 e. The Morgan fingerprint density at radius 1 is 1.12 bits per heavy atom. The van der Waals surface area contributed by atoms with Crippen LogP contribution < -0.4 is 5.73 Å². The lowest BCUT2D eigenvalue weighted by Crippen LogP contribution is -2.49. The fourth-order valence-corrected chi connectivity index (χ4v) is 5.06. The zero-order valence-corrected chi connectivity index (χ0v) is 21.4. The van der Waals surface area contributed by atoms with Crippen LogP contribution in [0.4, 0.5) is 4.79 Å². The molecule has 0 aliphatic carbocycles. The summed E-state index contributed by atoms with van der Waals surface area (Å²) in [6.45, 7) is 7.36. The van der Waals surface area contributed by atoms with Crippen molar-refractivity contribution in [3.05, 3.63) is 69.7 Å². The molecule has 34 heavy (non-hydrogen) atoms. The third kappa shape index (κ3) is 6.43. The summed E-state index contributed by atoms with van der Waals surface area (Å²) < 4.78 is 5.55. The number of halogens is 2. The van der Waals surface area contributed by atoms with Gasteiger partial charge in [0.25, 0.3) is 0 Å². The van der Waals surface area contributed by atoms with Crippen molar-refractivity contribution < 1.29 is 19.7 Å². The Labute approximate surface area is 211 Å². The Balaban J connectivity index is 1.82. The third-order valence-electron chi connectivity index (χ3n) is 6.61. The molecule has 3 atom stereocenters. The van der Waals surface area contributed by atoms with E-state index >= 15 is 0 Å². The first-order valence-electron chi connectivity index (χ1n) is 11.5. The van der Waals surface area contributed by atoms with Gasteiger partial charge in [0.1, 0.15) is 6.10 Å². The number of piperidine rings is 1. The molecule has 1 aliphatic rings. The van der Waals surface area contributed by atoms with Crippen LogP contribution in [0.25, 0.3) is 0 Å². The number of aliphatic hydroxyl groups is 2. The molecule has 1 aliphatic heterocycles. The van der Waals surface area contributed by atoms with Crippen LogP contribution in [-0.4, -0.2) is 53.0 Å². The predicted molar refractivity (Wildman–Crippen MR) is 135 cm³/mol. The van der Waals surface area contributed by atoms with Crippen molar-refractivity contribution in [1.29, 1.82) is 0 Å². The van der Waals surface area contributed by atoms with Crippen molar-refractivity contribution in [2.24, 2.45) is 11.1 Å². The van der Waals surface area contributed by atoms with Crippen LogP contribution in [-0.2, 0) is 10.3 Å². The molecular formula is C26H34Cl2N2O4. The first-order valence-corrected chi connectivity index (χ1v) is 12.3. The molecule has 4 N–H and O–H groups in total. The number of β-amino-alcohol motifs (C(OH)–C–C–N with tert-alkyl or cyclic N) is 1. The number of hydrogen-bond acceptors (Lipinski definition) is 5. The molecule has 1 saturated heterocycles. The van der Waals surface area contributed by atoms with Gasteiger partial charge in [0.05, 0.1) is 21.8 Å². The van der Waals surface area contributed by atoms with Crippen LogP contribution in [0.5, 0.6) is 0 Å². The maximum atomic E-state index is 11.8. The molecule has 2 aromatic carbocycles. The zero-order valence-electron chi connectivity index (χ0n) is 19.9. The summed E-state index contributed by atoms with van der Waals surface area (Å²) in [7, 11) is 0. The van der Waals surface area contributed by atoms with Gasteiger partial charge >= 0.3 is 6.09 Å². The molecule has 0 saturated carbocycles. The fraction of sp³-hybridized carbons (Fsp3) is 0.500. The van der Waals surface area contributed by atoms with E-state index < -0.39 is 35.2 Å². The molecule has 6 nitrogen and oxygen atoms in total. The number of carbonyl (C=O) groups is 1. The van der Waals surface area contributed by atoms with Gasteiger partial charge in [-0.3, -0.25) is 0 Å². The topological polar surface area (TPSA) is 96.0 Å². The van der Waals surface area contributed by atoms with Crippen molar-refractivity contribution in [1.82, 2.24) is 4.90 Å². The summed E-state index contributed by atoms with van der Waals surface area (Å²) in [6.07, 6.45) is -1.38. The second-order valence-electron chi connectivity index (χ2n) is 10.2. The van der Waals surface area contributed by atoms with Crippen LogP contribution in [0.2, 0.25) is 10.0 Å². The number of primary amides is 1. The monoisotopic (exact) mass is 508 g/mol. The Morgan fingerprint density at radius 3 is 2.26 bits per heavy atom. The highest BCUT2D eigenvalue weighted by atomic mass is 35.5. The van der Waals surface area contributed by atoms with E-state index in [1.54, 1.807) is 18.2 Å². The molecule has 0 aromatic heterocycles. The summed E-state index contributed by atoms with van der Waals surface area (Å²) in [4.78, 5) is 13.9. The molecule has 1 amide bonds. The first-order chi connectivity index (χ1) is 15.9. The molecule has 1 heterocycles. The molecule has 2 aromatic rings. The molecule has 1 fully saturated rings. The first kappa shape index (κ1) is 26.8. The number of aliphatic hydroxyl groups excluding tert-OH is 1. The number of benzene rings is 2. The maximum Gasteiger partial charge on any atom is 0.404 e. The highest BCUT2D eigenvalue weighted by molar-refractivity contribution is 6.42. The number of rotatable bonds is 7. The Bertz CT molecular complexity index is 973. The van der Waals surface area contributed by atoms with E-state index in [4.69, 9.17) is 33.7 Å². The minimum atomic E-state index is -0.900. The van der Waals surface area contributed by atoms with Gasteiger partial charge in [-0.05, 0) is 41.5 Å². The van der Waals surface area contributed by atoms with Gasteiger partial charge in [-0.15, -0.1) is 0 Å². The average Bonchev–Trinajstić information content (AvgIpc) is 2.77. The molecule has 0 bridgehead atoms. The van der Waals surface area contributed by atoms with Gasteiger partial charge in [0.15, 0.2) is 0 Å². The van der Waals surface area contributed by atoms with E-state index in [-0.39, 0.29) is 0 Å². The van der Waals surface area contributed by atoms with Crippen LogP contribution in [0.1, 0.15) is 50.7 Å². The smallest absolute Gasteiger partial charge is 0.404 e. The third-order valence-corrected chi connectivity index (χ3v) is 7.34. The summed E-state index contributed by atoms with van der Waals surface area (Å²) in [5.74, 6) is -0.586. The van der Waals surface area contributed by atoms with Crippen molar-refractivity contribution >= 4 is 29.3 Å². The van der Waals surface area contributed by atoms with Crippen molar-refractivity contribution in [3.63, 3.8) is 0 Å². The molecule has 8 heteroatoms.